The highest BCUT2D eigenvalue weighted by atomic mass is 19.1. The van der Waals surface area contributed by atoms with Gasteiger partial charge in [0.05, 0.1) is 5.69 Å². The Morgan fingerprint density at radius 3 is 2.59 bits per heavy atom. The average Bonchev–Trinajstić information content (AvgIpc) is 2.67. The van der Waals surface area contributed by atoms with E-state index < -0.39 is 0 Å². The molecule has 27 heavy (non-hydrogen) atoms. The maximum atomic E-state index is 13.1. The predicted molar refractivity (Wildman–Crippen MR) is 107 cm³/mol. The van der Waals surface area contributed by atoms with E-state index in [9.17, 15) is 4.39 Å². The highest BCUT2D eigenvalue weighted by molar-refractivity contribution is 5.66. The largest absolute Gasteiger partial charge is 0.354 e. The van der Waals surface area contributed by atoms with E-state index in [2.05, 4.69) is 30.5 Å². The summed E-state index contributed by atoms with van der Waals surface area (Å²) in [7, 11) is 4.09. The van der Waals surface area contributed by atoms with Crippen LogP contribution in [0.5, 0.6) is 0 Å². The molecule has 6 nitrogen and oxygen atoms in total. The Morgan fingerprint density at radius 2 is 1.89 bits per heavy atom. The molecular weight excluding hydrogens is 343 g/mol. The number of benzene rings is 1. The number of hydrogen-bond donors (Lipinski definition) is 2. The first-order valence-corrected chi connectivity index (χ1v) is 8.81. The summed E-state index contributed by atoms with van der Waals surface area (Å²) in [4.78, 5) is 15.4. The van der Waals surface area contributed by atoms with Gasteiger partial charge in [0, 0.05) is 36.3 Å². The fraction of sp³-hybridized carbons (Fsp3) is 0.250. The first-order chi connectivity index (χ1) is 13.1. The van der Waals surface area contributed by atoms with Crippen molar-refractivity contribution >= 4 is 17.5 Å². The third-order valence-corrected chi connectivity index (χ3v) is 3.87. The zero-order chi connectivity index (χ0) is 19.1. The number of pyridine rings is 1. The van der Waals surface area contributed by atoms with E-state index in [1.165, 1.54) is 12.1 Å². The third kappa shape index (κ3) is 5.72. The van der Waals surface area contributed by atoms with Gasteiger partial charge in [0.1, 0.15) is 11.6 Å². The summed E-state index contributed by atoms with van der Waals surface area (Å²) in [6, 6.07) is 11.8. The first-order valence-electron chi connectivity index (χ1n) is 8.81. The maximum Gasteiger partial charge on any atom is 0.225 e. The number of aromatic nitrogens is 3. The first kappa shape index (κ1) is 18.7. The van der Waals surface area contributed by atoms with E-state index in [4.69, 9.17) is 0 Å². The Bertz CT molecular complexity index is 852. The minimum absolute atomic E-state index is 0.275. The number of nitrogens with one attached hydrogen (secondary N) is 2. The van der Waals surface area contributed by atoms with Crippen LogP contribution >= 0.6 is 0 Å². The molecule has 0 amide bonds. The van der Waals surface area contributed by atoms with E-state index in [-0.39, 0.29) is 5.82 Å². The van der Waals surface area contributed by atoms with Crippen molar-refractivity contribution in [3.05, 3.63) is 60.7 Å². The zero-order valence-corrected chi connectivity index (χ0v) is 15.5. The topological polar surface area (TPSA) is 66.0 Å². The van der Waals surface area contributed by atoms with Crippen molar-refractivity contribution in [2.24, 2.45) is 0 Å². The van der Waals surface area contributed by atoms with Gasteiger partial charge < -0.3 is 15.5 Å². The molecule has 0 saturated carbocycles. The van der Waals surface area contributed by atoms with Crippen molar-refractivity contribution in [2.45, 2.75) is 6.42 Å². The van der Waals surface area contributed by atoms with Crippen molar-refractivity contribution < 1.29 is 4.39 Å². The molecule has 0 aliphatic heterocycles. The molecule has 0 radical (unpaired) electrons. The predicted octanol–water partition coefficient (Wildman–Crippen LogP) is 3.78. The van der Waals surface area contributed by atoms with Gasteiger partial charge in [-0.2, -0.15) is 4.98 Å². The number of nitrogens with zero attached hydrogens (tertiary/aromatic N) is 4. The Balaban J connectivity index is 1.82. The van der Waals surface area contributed by atoms with Crippen LogP contribution in [0.25, 0.3) is 11.3 Å². The van der Waals surface area contributed by atoms with Crippen LogP contribution in [0.4, 0.5) is 21.8 Å². The summed E-state index contributed by atoms with van der Waals surface area (Å²) in [5.74, 6) is 0.896. The van der Waals surface area contributed by atoms with E-state index in [1.54, 1.807) is 24.5 Å². The molecule has 3 rings (SSSR count). The van der Waals surface area contributed by atoms with Crippen LogP contribution in [0.15, 0.2) is 54.9 Å². The van der Waals surface area contributed by atoms with Crippen LogP contribution in [0, 0.1) is 5.82 Å². The number of hydrogen-bond acceptors (Lipinski definition) is 6. The van der Waals surface area contributed by atoms with Crippen LogP contribution < -0.4 is 10.6 Å². The van der Waals surface area contributed by atoms with Gasteiger partial charge in [-0.3, -0.25) is 4.98 Å². The molecule has 0 fully saturated rings. The lowest BCUT2D eigenvalue weighted by molar-refractivity contribution is 0.405. The number of rotatable bonds is 8. The van der Waals surface area contributed by atoms with Crippen molar-refractivity contribution in [1.82, 2.24) is 19.9 Å². The summed E-state index contributed by atoms with van der Waals surface area (Å²) in [5.41, 5.74) is 2.42. The molecule has 2 N–H and O–H groups in total. The maximum absolute atomic E-state index is 13.1. The normalized spacial score (nSPS) is 10.8. The minimum Gasteiger partial charge on any atom is -0.354 e. The molecule has 7 heteroatoms. The van der Waals surface area contributed by atoms with Crippen LogP contribution in [-0.2, 0) is 0 Å². The monoisotopic (exact) mass is 366 g/mol. The van der Waals surface area contributed by atoms with Crippen molar-refractivity contribution in [1.29, 1.82) is 0 Å². The van der Waals surface area contributed by atoms with Gasteiger partial charge in [-0.1, -0.05) is 0 Å². The molecule has 1 aromatic carbocycles. The van der Waals surface area contributed by atoms with Gasteiger partial charge in [0.25, 0.3) is 0 Å². The fourth-order valence-electron chi connectivity index (χ4n) is 2.53. The second kappa shape index (κ2) is 9.05. The summed E-state index contributed by atoms with van der Waals surface area (Å²) in [6.07, 6.45) is 4.47. The van der Waals surface area contributed by atoms with E-state index in [0.29, 0.717) is 11.8 Å². The molecule has 2 aromatic heterocycles. The molecule has 0 saturated heterocycles. The molecule has 2 heterocycles. The summed E-state index contributed by atoms with van der Waals surface area (Å²) >= 11 is 0. The lowest BCUT2D eigenvalue weighted by Gasteiger charge is -2.13. The summed E-state index contributed by atoms with van der Waals surface area (Å²) in [6.45, 7) is 1.75. The smallest absolute Gasteiger partial charge is 0.225 e. The molecule has 0 unspecified atom stereocenters. The summed E-state index contributed by atoms with van der Waals surface area (Å²) in [5, 5.41) is 6.48. The molecule has 0 aliphatic rings. The second-order valence-electron chi connectivity index (χ2n) is 6.42. The third-order valence-electron chi connectivity index (χ3n) is 3.87. The Morgan fingerprint density at radius 1 is 1.07 bits per heavy atom. The SMILES string of the molecule is CN(C)CCCNc1nc(Nc2ccc(F)cc2)cc(-c2cccnc2)n1. The zero-order valence-electron chi connectivity index (χ0n) is 15.5. The Hall–Kier alpha value is -3.06. The number of halogens is 1. The Kier molecular flexibility index (Phi) is 6.27. The fourth-order valence-corrected chi connectivity index (χ4v) is 2.53. The van der Waals surface area contributed by atoms with Crippen LogP contribution in [0.3, 0.4) is 0 Å². The van der Waals surface area contributed by atoms with Gasteiger partial charge in [-0.25, -0.2) is 9.37 Å². The average molecular weight is 366 g/mol. The quantitative estimate of drug-likeness (QED) is 0.592. The van der Waals surface area contributed by atoms with Crippen molar-refractivity contribution in [2.75, 3.05) is 37.8 Å². The molecule has 3 aromatic rings. The van der Waals surface area contributed by atoms with Gasteiger partial charge in [0.15, 0.2) is 0 Å². The van der Waals surface area contributed by atoms with Gasteiger partial charge in [-0.05, 0) is 63.5 Å². The summed E-state index contributed by atoms with van der Waals surface area (Å²) < 4.78 is 13.1. The second-order valence-corrected chi connectivity index (χ2v) is 6.42. The minimum atomic E-state index is -0.275. The highest BCUT2D eigenvalue weighted by Crippen LogP contribution is 2.23. The van der Waals surface area contributed by atoms with E-state index in [1.807, 2.05) is 32.3 Å². The van der Waals surface area contributed by atoms with E-state index in [0.717, 1.165) is 36.5 Å². The van der Waals surface area contributed by atoms with Gasteiger partial charge in [-0.15, -0.1) is 0 Å². The standard InChI is InChI=1S/C20H23FN6/c1-27(2)12-4-11-23-20-25-18(15-5-3-10-22-14-15)13-19(26-20)24-17-8-6-16(21)7-9-17/h3,5-10,13-14H,4,11-12H2,1-2H3,(H2,23,24,25,26). The lowest BCUT2D eigenvalue weighted by atomic mass is 10.2. The van der Waals surface area contributed by atoms with Crippen molar-refractivity contribution in [3.8, 4) is 11.3 Å². The Labute approximate surface area is 158 Å². The molecular formula is C20H23FN6. The molecule has 140 valence electrons. The van der Waals surface area contributed by atoms with Crippen LogP contribution in [0.1, 0.15) is 6.42 Å². The van der Waals surface area contributed by atoms with Gasteiger partial charge in [0.2, 0.25) is 5.95 Å². The van der Waals surface area contributed by atoms with Crippen LogP contribution in [-0.4, -0.2) is 47.0 Å². The molecule has 0 aliphatic carbocycles. The molecule has 0 bridgehead atoms. The molecule has 0 atom stereocenters. The van der Waals surface area contributed by atoms with Crippen LogP contribution in [0.2, 0.25) is 0 Å². The molecule has 0 spiro atoms. The van der Waals surface area contributed by atoms with Crippen molar-refractivity contribution in [3.63, 3.8) is 0 Å². The van der Waals surface area contributed by atoms with Gasteiger partial charge >= 0.3 is 0 Å². The highest BCUT2D eigenvalue weighted by Gasteiger charge is 2.08. The lowest BCUT2D eigenvalue weighted by Crippen LogP contribution is -2.17. The van der Waals surface area contributed by atoms with E-state index >= 15 is 0 Å². The number of anilines is 3.